The minimum Gasteiger partial charge on any atom is -0.462 e. The van der Waals surface area contributed by atoms with Crippen LogP contribution in [0.4, 0.5) is 5.88 Å². The van der Waals surface area contributed by atoms with Crippen molar-refractivity contribution in [1.29, 1.82) is 0 Å². The number of nitrogens with one attached hydrogen (secondary N) is 1. The Morgan fingerprint density at radius 3 is 2.62 bits per heavy atom. The van der Waals surface area contributed by atoms with Gasteiger partial charge in [-0.25, -0.2) is 9.78 Å². The zero-order chi connectivity index (χ0) is 23.4. The molecule has 0 unspecified atom stereocenters. The Balaban J connectivity index is 1.78. The summed E-state index contributed by atoms with van der Waals surface area (Å²) in [5, 5.41) is 3.24. The first kappa shape index (κ1) is 23.3. The molecule has 0 spiro atoms. The van der Waals surface area contributed by atoms with Crippen molar-refractivity contribution in [3.8, 4) is 5.69 Å². The number of hydrogen-bond acceptors (Lipinski definition) is 7. The van der Waals surface area contributed by atoms with E-state index >= 15 is 0 Å². The lowest BCUT2D eigenvalue weighted by molar-refractivity contribution is -0.113. The fourth-order valence-corrected chi connectivity index (χ4v) is 4.09. The van der Waals surface area contributed by atoms with Crippen molar-refractivity contribution in [2.24, 2.45) is 0 Å². The number of imidazole rings is 1. The molecule has 1 aromatic carbocycles. The van der Waals surface area contributed by atoms with Gasteiger partial charge in [-0.2, -0.15) is 0 Å². The highest BCUT2D eigenvalue weighted by Crippen LogP contribution is 2.29. The van der Waals surface area contributed by atoms with Crippen LogP contribution in [0.2, 0.25) is 0 Å². The largest absolute Gasteiger partial charge is 0.462 e. The normalized spacial score (nSPS) is 10.8. The van der Waals surface area contributed by atoms with Crippen LogP contribution >= 0.6 is 11.8 Å². The Morgan fingerprint density at radius 2 is 1.94 bits per heavy atom. The van der Waals surface area contributed by atoms with Gasteiger partial charge in [0.2, 0.25) is 11.8 Å². The molecule has 9 heteroatoms. The van der Waals surface area contributed by atoms with E-state index in [1.807, 2.05) is 42.8 Å². The highest BCUT2D eigenvalue weighted by Gasteiger charge is 2.28. The molecule has 1 N–H and O–H groups in total. The van der Waals surface area contributed by atoms with Gasteiger partial charge in [0.05, 0.1) is 23.6 Å². The van der Waals surface area contributed by atoms with Crippen LogP contribution in [0.1, 0.15) is 51.5 Å². The minimum absolute atomic E-state index is 0.0271. The van der Waals surface area contributed by atoms with E-state index in [1.54, 1.807) is 20.0 Å². The number of Topliss-reactive ketones (excluding diaryl/α,β-unsaturated/α-hetero) is 1. The standard InChI is InChI=1S/C23H25N3O5S/c1-6-30-22(29)20-19(15(4)27)16(5)31-21(20)25-18(28)12-32-23-24-10-11-26(23)17-9-7-8-13(2)14(17)3/h7-11H,6,12H2,1-5H3,(H,25,28). The maximum atomic E-state index is 12.6. The van der Waals surface area contributed by atoms with E-state index in [-0.39, 0.29) is 40.9 Å². The molecule has 2 aromatic heterocycles. The third-order valence-electron chi connectivity index (χ3n) is 4.94. The molecular weight excluding hydrogens is 430 g/mol. The summed E-state index contributed by atoms with van der Waals surface area (Å²) in [5.41, 5.74) is 3.32. The molecule has 0 aliphatic carbocycles. The van der Waals surface area contributed by atoms with Crippen molar-refractivity contribution in [1.82, 2.24) is 9.55 Å². The summed E-state index contributed by atoms with van der Waals surface area (Å²) in [6, 6.07) is 6.01. The Bertz CT molecular complexity index is 1180. The van der Waals surface area contributed by atoms with Crippen LogP contribution in [-0.4, -0.2) is 39.6 Å². The van der Waals surface area contributed by atoms with E-state index in [9.17, 15) is 14.4 Å². The number of esters is 1. The second kappa shape index (κ2) is 9.86. The summed E-state index contributed by atoms with van der Waals surface area (Å²) in [5.74, 6) is -1.29. The van der Waals surface area contributed by atoms with E-state index in [2.05, 4.69) is 10.3 Å². The molecule has 0 saturated heterocycles. The topological polar surface area (TPSA) is 103 Å². The van der Waals surface area contributed by atoms with Crippen molar-refractivity contribution < 1.29 is 23.5 Å². The van der Waals surface area contributed by atoms with Crippen molar-refractivity contribution in [3.05, 3.63) is 58.6 Å². The van der Waals surface area contributed by atoms with Crippen LogP contribution in [0.25, 0.3) is 5.69 Å². The molecule has 0 saturated carbocycles. The lowest BCUT2D eigenvalue weighted by Crippen LogP contribution is -2.18. The van der Waals surface area contributed by atoms with E-state index < -0.39 is 11.9 Å². The molecule has 1 amide bonds. The van der Waals surface area contributed by atoms with E-state index in [0.29, 0.717) is 5.16 Å². The lowest BCUT2D eigenvalue weighted by atomic mass is 10.1. The number of carbonyl (C=O) groups excluding carboxylic acids is 3. The summed E-state index contributed by atoms with van der Waals surface area (Å²) in [6.07, 6.45) is 3.52. The van der Waals surface area contributed by atoms with Crippen molar-refractivity contribution in [2.45, 2.75) is 39.8 Å². The van der Waals surface area contributed by atoms with Crippen LogP contribution in [0, 0.1) is 20.8 Å². The van der Waals surface area contributed by atoms with Crippen LogP contribution < -0.4 is 5.32 Å². The maximum absolute atomic E-state index is 12.6. The molecule has 0 fully saturated rings. The van der Waals surface area contributed by atoms with Gasteiger partial charge >= 0.3 is 5.97 Å². The predicted molar refractivity (Wildman–Crippen MR) is 122 cm³/mol. The monoisotopic (exact) mass is 455 g/mol. The molecule has 8 nitrogen and oxygen atoms in total. The summed E-state index contributed by atoms with van der Waals surface area (Å²) in [4.78, 5) is 41.4. The highest BCUT2D eigenvalue weighted by molar-refractivity contribution is 7.99. The molecule has 32 heavy (non-hydrogen) atoms. The van der Waals surface area contributed by atoms with E-state index in [1.165, 1.54) is 18.7 Å². The first-order valence-electron chi connectivity index (χ1n) is 10.1. The first-order chi connectivity index (χ1) is 15.2. The molecule has 0 bridgehead atoms. The van der Waals surface area contributed by atoms with Crippen molar-refractivity contribution >= 4 is 35.3 Å². The Hall–Kier alpha value is -3.33. The third kappa shape index (κ3) is 4.77. The molecule has 0 radical (unpaired) electrons. The predicted octanol–water partition coefficient (Wildman–Crippen LogP) is 4.50. The quantitative estimate of drug-likeness (QED) is 0.303. The van der Waals surface area contributed by atoms with Gasteiger partial charge in [-0.05, 0) is 51.8 Å². The van der Waals surface area contributed by atoms with Crippen molar-refractivity contribution in [2.75, 3.05) is 17.7 Å². The number of carbonyl (C=O) groups is 3. The molecule has 3 aromatic rings. The molecular formula is C23H25N3O5S. The lowest BCUT2D eigenvalue weighted by Gasteiger charge is -2.12. The van der Waals surface area contributed by atoms with Gasteiger partial charge < -0.3 is 9.15 Å². The number of nitrogens with zero attached hydrogens (tertiary/aromatic N) is 2. The Labute approximate surface area is 190 Å². The summed E-state index contributed by atoms with van der Waals surface area (Å²) >= 11 is 1.25. The number of hydrogen-bond donors (Lipinski definition) is 1. The van der Waals surface area contributed by atoms with E-state index in [4.69, 9.17) is 9.15 Å². The Kier molecular flexibility index (Phi) is 7.19. The maximum Gasteiger partial charge on any atom is 0.344 e. The fourth-order valence-electron chi connectivity index (χ4n) is 3.32. The third-order valence-corrected chi connectivity index (χ3v) is 5.91. The zero-order valence-corrected chi connectivity index (χ0v) is 19.5. The van der Waals surface area contributed by atoms with Gasteiger partial charge in [-0.15, -0.1) is 0 Å². The molecule has 3 rings (SSSR count). The van der Waals surface area contributed by atoms with Crippen LogP contribution in [-0.2, 0) is 9.53 Å². The van der Waals surface area contributed by atoms with Gasteiger partial charge in [0.1, 0.15) is 11.3 Å². The number of benzene rings is 1. The minimum atomic E-state index is -0.719. The van der Waals surface area contributed by atoms with Crippen molar-refractivity contribution in [3.63, 3.8) is 0 Å². The van der Waals surface area contributed by atoms with Gasteiger partial charge in [0.25, 0.3) is 0 Å². The van der Waals surface area contributed by atoms with Crippen LogP contribution in [0.15, 0.2) is 40.2 Å². The number of ketones is 1. The van der Waals surface area contributed by atoms with Gasteiger partial charge in [-0.1, -0.05) is 23.9 Å². The second-order valence-corrected chi connectivity index (χ2v) is 8.09. The zero-order valence-electron chi connectivity index (χ0n) is 18.6. The average molecular weight is 456 g/mol. The number of rotatable bonds is 8. The molecule has 0 aliphatic rings. The fraction of sp³-hybridized carbons (Fsp3) is 0.304. The van der Waals surface area contributed by atoms with Crippen LogP contribution in [0.3, 0.4) is 0 Å². The number of anilines is 1. The number of ether oxygens (including phenoxy) is 1. The van der Waals surface area contributed by atoms with Crippen LogP contribution in [0.5, 0.6) is 0 Å². The van der Waals surface area contributed by atoms with E-state index in [0.717, 1.165) is 16.8 Å². The number of amides is 1. The molecule has 0 aliphatic heterocycles. The number of thioether (sulfide) groups is 1. The number of furan rings is 1. The second-order valence-electron chi connectivity index (χ2n) is 7.15. The molecule has 0 atom stereocenters. The Morgan fingerprint density at radius 1 is 1.19 bits per heavy atom. The van der Waals surface area contributed by atoms with Gasteiger partial charge in [-0.3, -0.25) is 19.5 Å². The summed E-state index contributed by atoms with van der Waals surface area (Å²) < 4.78 is 12.5. The highest BCUT2D eigenvalue weighted by atomic mass is 32.2. The molecule has 2 heterocycles. The molecule has 168 valence electrons. The van der Waals surface area contributed by atoms with Gasteiger partial charge in [0.15, 0.2) is 10.9 Å². The summed E-state index contributed by atoms with van der Waals surface area (Å²) in [7, 11) is 0. The number of aromatic nitrogens is 2. The SMILES string of the molecule is CCOC(=O)c1c(NC(=O)CSc2nccn2-c2cccc(C)c2C)oc(C)c1C(C)=O. The smallest absolute Gasteiger partial charge is 0.344 e. The summed E-state index contributed by atoms with van der Waals surface area (Å²) in [6.45, 7) is 8.75. The number of aryl methyl sites for hydroxylation is 2. The van der Waals surface area contributed by atoms with Gasteiger partial charge in [0, 0.05) is 12.4 Å². The first-order valence-corrected chi connectivity index (χ1v) is 11.1. The average Bonchev–Trinajstić information content (AvgIpc) is 3.32.